The Bertz CT molecular complexity index is 978. The summed E-state index contributed by atoms with van der Waals surface area (Å²) in [6, 6.07) is 9.26. The quantitative estimate of drug-likeness (QED) is 0.607. The number of carbonyl (C=O) groups is 2. The molecule has 2 aromatic rings. The van der Waals surface area contributed by atoms with Crippen LogP contribution in [0.25, 0.3) is 5.57 Å². The van der Waals surface area contributed by atoms with Crippen LogP contribution in [0.3, 0.4) is 0 Å². The predicted octanol–water partition coefficient (Wildman–Crippen LogP) is 2.91. The molecule has 1 aromatic heterocycles. The highest BCUT2D eigenvalue weighted by molar-refractivity contribution is 6.09. The molecular formula is C24H30N4O4. The number of nitrogens with one attached hydrogen (secondary N) is 1. The van der Waals surface area contributed by atoms with Crippen molar-refractivity contribution in [1.82, 2.24) is 15.4 Å². The van der Waals surface area contributed by atoms with Crippen LogP contribution in [0.1, 0.15) is 42.3 Å². The summed E-state index contributed by atoms with van der Waals surface area (Å²) >= 11 is 0. The highest BCUT2D eigenvalue weighted by Gasteiger charge is 2.34. The number of nitrogens with zero attached hydrogens (tertiary/aromatic N) is 3. The highest BCUT2D eigenvalue weighted by atomic mass is 16.5. The van der Waals surface area contributed by atoms with E-state index >= 15 is 0 Å². The van der Waals surface area contributed by atoms with Gasteiger partial charge in [-0.15, -0.1) is 0 Å². The van der Waals surface area contributed by atoms with Gasteiger partial charge in [-0.1, -0.05) is 35.5 Å². The van der Waals surface area contributed by atoms with Gasteiger partial charge in [0.2, 0.25) is 11.8 Å². The van der Waals surface area contributed by atoms with E-state index in [1.807, 2.05) is 44.2 Å². The van der Waals surface area contributed by atoms with Gasteiger partial charge in [-0.05, 0) is 43.4 Å². The minimum Gasteiger partial charge on any atom is -0.363 e. The maximum Gasteiger partial charge on any atom is 0.243 e. The van der Waals surface area contributed by atoms with E-state index in [2.05, 4.69) is 15.5 Å². The van der Waals surface area contributed by atoms with E-state index in [0.29, 0.717) is 32.0 Å². The molecule has 3 rings (SSSR count). The van der Waals surface area contributed by atoms with Crippen LogP contribution < -0.4 is 5.32 Å². The molecule has 1 N–H and O–H groups in total. The fraction of sp³-hybridized carbons (Fsp3) is 0.417. The van der Waals surface area contributed by atoms with Crippen LogP contribution in [-0.4, -0.2) is 54.5 Å². The average molecular weight is 439 g/mol. The van der Waals surface area contributed by atoms with Gasteiger partial charge in [-0.2, -0.15) is 0 Å². The maximum atomic E-state index is 12.8. The Balaban J connectivity index is 1.54. The monoisotopic (exact) mass is 438 g/mol. The van der Waals surface area contributed by atoms with Gasteiger partial charge in [0.25, 0.3) is 0 Å². The number of allylic oxidation sites excluding steroid dienone is 2. The second kappa shape index (κ2) is 11.4. The van der Waals surface area contributed by atoms with Crippen molar-refractivity contribution in [2.24, 2.45) is 4.99 Å². The van der Waals surface area contributed by atoms with Crippen LogP contribution >= 0.6 is 0 Å². The number of aromatic nitrogens is 1. The first-order valence-electron chi connectivity index (χ1n) is 10.8. The molecule has 1 aromatic carbocycles. The maximum absolute atomic E-state index is 12.8. The standard InChI is InChI=1S/C24H30N4O4/c1-4-19(15-25-16-31-3)20-9-7-18(8-10-20)14-26-24(30)22-6-5-11-28(22)23(29)13-21-12-17(2)27-32-21/h4,7-10,12,15,22H,5-6,11,13-14,16H2,1-3H3,(H,26,30)/b19-4+,25-15?. The Morgan fingerprint density at radius 1 is 1.34 bits per heavy atom. The summed E-state index contributed by atoms with van der Waals surface area (Å²) in [6.45, 7) is 5.07. The zero-order valence-corrected chi connectivity index (χ0v) is 18.8. The largest absolute Gasteiger partial charge is 0.363 e. The number of hydrogen-bond acceptors (Lipinski definition) is 6. The topological polar surface area (TPSA) is 97.0 Å². The summed E-state index contributed by atoms with van der Waals surface area (Å²) in [7, 11) is 1.61. The molecule has 1 fully saturated rings. The molecule has 170 valence electrons. The zero-order chi connectivity index (χ0) is 22.9. The van der Waals surface area contributed by atoms with Crippen molar-refractivity contribution in [3.05, 3.63) is 59.0 Å². The number of aryl methyl sites for hydroxylation is 1. The van der Waals surface area contributed by atoms with Crippen molar-refractivity contribution in [3.63, 3.8) is 0 Å². The molecule has 1 aliphatic rings. The van der Waals surface area contributed by atoms with Crippen LogP contribution in [0.15, 0.2) is 45.9 Å². The Labute approximate surface area is 188 Å². The molecule has 1 aliphatic heterocycles. The Hall–Kier alpha value is -3.26. The fourth-order valence-electron chi connectivity index (χ4n) is 3.74. The SMILES string of the molecule is C/C=C(\C=NCOC)c1ccc(CNC(=O)C2CCCN2C(=O)Cc2cc(C)no2)cc1. The zero-order valence-electron chi connectivity index (χ0n) is 18.8. The van der Waals surface area contributed by atoms with E-state index < -0.39 is 6.04 Å². The number of ether oxygens (including phenoxy) is 1. The van der Waals surface area contributed by atoms with Gasteiger partial charge in [0, 0.05) is 32.5 Å². The van der Waals surface area contributed by atoms with Crippen LogP contribution in [0.2, 0.25) is 0 Å². The van der Waals surface area contributed by atoms with Gasteiger partial charge in [-0.25, -0.2) is 0 Å². The highest BCUT2D eigenvalue weighted by Crippen LogP contribution is 2.20. The molecule has 1 atom stereocenters. The molecular weight excluding hydrogens is 408 g/mol. The molecule has 8 nitrogen and oxygen atoms in total. The van der Waals surface area contributed by atoms with E-state index in [0.717, 1.165) is 28.8 Å². The summed E-state index contributed by atoms with van der Waals surface area (Å²) in [4.78, 5) is 31.3. The summed E-state index contributed by atoms with van der Waals surface area (Å²) in [6.07, 6.45) is 5.36. The number of methoxy groups -OCH3 is 1. The molecule has 0 spiro atoms. The summed E-state index contributed by atoms with van der Waals surface area (Å²) < 4.78 is 10.1. The number of carbonyl (C=O) groups excluding carboxylic acids is 2. The van der Waals surface area contributed by atoms with Crippen molar-refractivity contribution in [2.45, 2.75) is 45.7 Å². The number of rotatable bonds is 9. The molecule has 32 heavy (non-hydrogen) atoms. The Kier molecular flexibility index (Phi) is 8.33. The second-order valence-electron chi connectivity index (χ2n) is 7.74. The van der Waals surface area contributed by atoms with Crippen molar-refractivity contribution in [2.75, 3.05) is 20.4 Å². The van der Waals surface area contributed by atoms with Gasteiger partial charge >= 0.3 is 0 Å². The van der Waals surface area contributed by atoms with Gasteiger partial charge in [0.1, 0.15) is 18.5 Å². The summed E-state index contributed by atoms with van der Waals surface area (Å²) in [5.41, 5.74) is 3.76. The Morgan fingerprint density at radius 3 is 2.78 bits per heavy atom. The first kappa shape index (κ1) is 23.4. The van der Waals surface area contributed by atoms with E-state index in [-0.39, 0.29) is 18.2 Å². The molecule has 0 radical (unpaired) electrons. The third kappa shape index (κ3) is 6.13. The first-order valence-corrected chi connectivity index (χ1v) is 10.8. The minimum absolute atomic E-state index is 0.114. The van der Waals surface area contributed by atoms with E-state index in [1.165, 1.54) is 0 Å². The normalized spacial score (nSPS) is 16.7. The van der Waals surface area contributed by atoms with Gasteiger partial charge < -0.3 is 19.5 Å². The van der Waals surface area contributed by atoms with Crippen molar-refractivity contribution >= 4 is 23.6 Å². The first-order chi connectivity index (χ1) is 15.5. The van der Waals surface area contributed by atoms with E-state index in [4.69, 9.17) is 9.26 Å². The molecule has 2 heterocycles. The molecule has 0 saturated carbocycles. The lowest BCUT2D eigenvalue weighted by atomic mass is 10.0. The van der Waals surface area contributed by atoms with Crippen LogP contribution in [0.5, 0.6) is 0 Å². The average Bonchev–Trinajstić information content (AvgIpc) is 3.45. The number of aliphatic imine (C=N–C) groups is 1. The molecule has 1 saturated heterocycles. The van der Waals surface area contributed by atoms with Gasteiger partial charge in [0.15, 0.2) is 0 Å². The lowest BCUT2D eigenvalue weighted by Gasteiger charge is -2.23. The summed E-state index contributed by atoms with van der Waals surface area (Å²) in [5, 5.41) is 6.79. The number of likely N-dealkylation sites (tertiary alicyclic amines) is 1. The van der Waals surface area contributed by atoms with Crippen LogP contribution in [0.4, 0.5) is 0 Å². The number of benzene rings is 1. The van der Waals surface area contributed by atoms with Crippen molar-refractivity contribution < 1.29 is 18.8 Å². The number of hydrogen-bond donors (Lipinski definition) is 1. The predicted molar refractivity (Wildman–Crippen MR) is 122 cm³/mol. The molecule has 0 aliphatic carbocycles. The fourth-order valence-corrected chi connectivity index (χ4v) is 3.74. The smallest absolute Gasteiger partial charge is 0.243 e. The Morgan fingerprint density at radius 2 is 2.12 bits per heavy atom. The lowest BCUT2D eigenvalue weighted by molar-refractivity contribution is -0.138. The van der Waals surface area contributed by atoms with Crippen LogP contribution in [-0.2, 0) is 27.3 Å². The van der Waals surface area contributed by atoms with E-state index in [9.17, 15) is 9.59 Å². The third-order valence-electron chi connectivity index (χ3n) is 5.38. The van der Waals surface area contributed by atoms with Crippen molar-refractivity contribution in [3.8, 4) is 0 Å². The van der Waals surface area contributed by atoms with E-state index in [1.54, 1.807) is 24.3 Å². The minimum atomic E-state index is -0.447. The van der Waals surface area contributed by atoms with Crippen molar-refractivity contribution in [1.29, 1.82) is 0 Å². The lowest BCUT2D eigenvalue weighted by Crippen LogP contribution is -2.46. The number of amides is 2. The van der Waals surface area contributed by atoms with Gasteiger partial charge in [0.05, 0.1) is 12.1 Å². The third-order valence-corrected chi connectivity index (χ3v) is 5.38. The molecule has 8 heteroatoms. The van der Waals surface area contributed by atoms with Gasteiger partial charge in [-0.3, -0.25) is 14.6 Å². The molecule has 2 amide bonds. The summed E-state index contributed by atoms with van der Waals surface area (Å²) in [5.74, 6) is 0.276. The second-order valence-corrected chi connectivity index (χ2v) is 7.74. The van der Waals surface area contributed by atoms with Crippen LogP contribution in [0, 0.1) is 6.92 Å². The molecule has 1 unspecified atom stereocenters. The molecule has 0 bridgehead atoms.